The van der Waals surface area contributed by atoms with Crippen LogP contribution in [-0.4, -0.2) is 35.1 Å². The number of alkyl halides is 2. The molecule has 1 unspecified atom stereocenters. The molecular weight excluding hydrogens is 218 g/mol. The largest absolute Gasteiger partial charge is 0.385 e. The van der Waals surface area contributed by atoms with E-state index in [1.807, 2.05) is 0 Å². The third kappa shape index (κ3) is 4.31. The molecule has 1 aromatic heterocycles. The molecule has 0 bridgehead atoms. The van der Waals surface area contributed by atoms with Crippen LogP contribution in [0.15, 0.2) is 24.4 Å². The van der Waals surface area contributed by atoms with Gasteiger partial charge in [-0.05, 0) is 12.1 Å². The molecule has 0 saturated heterocycles. The molecule has 0 radical (unpaired) electrons. The number of nitrogens with one attached hydrogen (secondary N) is 1. The Kier molecular flexibility index (Phi) is 4.78. The summed E-state index contributed by atoms with van der Waals surface area (Å²) in [6.45, 7) is -0.455. The fourth-order valence-electron chi connectivity index (χ4n) is 1.04. The molecule has 0 aliphatic rings. The Balaban J connectivity index is 2.32. The van der Waals surface area contributed by atoms with Gasteiger partial charge in [0.1, 0.15) is 6.10 Å². The van der Waals surface area contributed by atoms with E-state index in [-0.39, 0.29) is 6.42 Å². The molecule has 1 atom stereocenters. The lowest BCUT2D eigenvalue weighted by Gasteiger charge is -2.10. The first-order chi connectivity index (χ1) is 7.59. The highest BCUT2D eigenvalue weighted by molar-refractivity contribution is 5.78. The van der Waals surface area contributed by atoms with Gasteiger partial charge in [0.05, 0.1) is 6.42 Å². The Hall–Kier alpha value is -1.56. The molecule has 1 rings (SSSR count). The van der Waals surface area contributed by atoms with E-state index >= 15 is 0 Å². The van der Waals surface area contributed by atoms with E-state index in [1.54, 1.807) is 18.2 Å². The summed E-state index contributed by atoms with van der Waals surface area (Å²) < 4.78 is 23.8. The lowest BCUT2D eigenvalue weighted by molar-refractivity contribution is -0.121. The topological polar surface area (TPSA) is 62.2 Å². The van der Waals surface area contributed by atoms with Crippen molar-refractivity contribution in [3.63, 3.8) is 0 Å². The minimum atomic E-state index is -2.85. The Morgan fingerprint density at radius 2 is 2.25 bits per heavy atom. The molecule has 0 aromatic carbocycles. The summed E-state index contributed by atoms with van der Waals surface area (Å²) in [5, 5.41) is 11.0. The zero-order valence-corrected chi connectivity index (χ0v) is 8.44. The van der Waals surface area contributed by atoms with Crippen LogP contribution in [-0.2, 0) is 11.2 Å². The van der Waals surface area contributed by atoms with Gasteiger partial charge in [-0.25, -0.2) is 8.78 Å². The quantitative estimate of drug-likeness (QED) is 0.768. The first-order valence-electron chi connectivity index (χ1n) is 4.72. The molecule has 6 heteroatoms. The Morgan fingerprint density at radius 3 is 2.81 bits per heavy atom. The Bertz CT molecular complexity index is 333. The zero-order valence-electron chi connectivity index (χ0n) is 8.44. The SMILES string of the molecule is O=C(Cc1ccccn1)NCC(O)C(F)F. The lowest BCUT2D eigenvalue weighted by Crippen LogP contribution is -2.36. The molecule has 1 heterocycles. The molecule has 0 fully saturated rings. The standard InChI is InChI=1S/C10H12F2N2O2/c11-10(12)8(15)6-14-9(16)5-7-3-1-2-4-13-7/h1-4,8,10,15H,5-6H2,(H,14,16). The number of aromatic nitrogens is 1. The maximum Gasteiger partial charge on any atom is 0.265 e. The van der Waals surface area contributed by atoms with E-state index in [0.29, 0.717) is 5.69 Å². The van der Waals surface area contributed by atoms with E-state index in [4.69, 9.17) is 5.11 Å². The van der Waals surface area contributed by atoms with Crippen molar-refractivity contribution in [3.8, 4) is 0 Å². The van der Waals surface area contributed by atoms with Crippen molar-refractivity contribution in [2.24, 2.45) is 0 Å². The first kappa shape index (κ1) is 12.5. The van der Waals surface area contributed by atoms with Crippen LogP contribution in [0.2, 0.25) is 0 Å². The minimum Gasteiger partial charge on any atom is -0.385 e. The molecule has 0 aliphatic heterocycles. The van der Waals surface area contributed by atoms with Crippen LogP contribution in [0.3, 0.4) is 0 Å². The Labute approximate surface area is 91.3 Å². The number of carbonyl (C=O) groups excluding carboxylic acids is 1. The van der Waals surface area contributed by atoms with Crippen LogP contribution >= 0.6 is 0 Å². The highest BCUT2D eigenvalue weighted by Gasteiger charge is 2.17. The van der Waals surface area contributed by atoms with Crippen molar-refractivity contribution in [2.45, 2.75) is 19.0 Å². The van der Waals surface area contributed by atoms with Gasteiger partial charge in [-0.3, -0.25) is 9.78 Å². The van der Waals surface area contributed by atoms with Gasteiger partial charge in [0.25, 0.3) is 6.43 Å². The highest BCUT2D eigenvalue weighted by Crippen LogP contribution is 1.99. The molecule has 0 saturated carbocycles. The maximum absolute atomic E-state index is 11.9. The molecule has 2 N–H and O–H groups in total. The number of aliphatic hydroxyl groups excluding tert-OH is 1. The molecule has 4 nitrogen and oxygen atoms in total. The third-order valence-corrected chi connectivity index (χ3v) is 1.87. The summed E-state index contributed by atoms with van der Waals surface area (Å²) in [4.78, 5) is 15.1. The van der Waals surface area contributed by atoms with Gasteiger partial charge in [0.2, 0.25) is 5.91 Å². The number of carbonyl (C=O) groups is 1. The van der Waals surface area contributed by atoms with Crippen LogP contribution in [0, 0.1) is 0 Å². The maximum atomic E-state index is 11.9. The summed E-state index contributed by atoms with van der Waals surface area (Å²) in [6.07, 6.45) is -3.13. The molecule has 16 heavy (non-hydrogen) atoms. The normalized spacial score (nSPS) is 12.5. The fourth-order valence-corrected chi connectivity index (χ4v) is 1.04. The van der Waals surface area contributed by atoms with Crippen LogP contribution in [0.5, 0.6) is 0 Å². The summed E-state index contributed by atoms with van der Waals surface area (Å²) in [6, 6.07) is 5.09. The van der Waals surface area contributed by atoms with Gasteiger partial charge in [0.15, 0.2) is 0 Å². The molecule has 88 valence electrons. The van der Waals surface area contributed by atoms with E-state index in [2.05, 4.69) is 10.3 Å². The predicted octanol–water partition coefficient (Wildman–Crippen LogP) is 0.366. The second-order valence-electron chi connectivity index (χ2n) is 3.20. The van der Waals surface area contributed by atoms with Crippen molar-refractivity contribution in [3.05, 3.63) is 30.1 Å². The van der Waals surface area contributed by atoms with Crippen molar-refractivity contribution < 1.29 is 18.7 Å². The highest BCUT2D eigenvalue weighted by atomic mass is 19.3. The van der Waals surface area contributed by atoms with Gasteiger partial charge in [-0.2, -0.15) is 0 Å². The lowest BCUT2D eigenvalue weighted by atomic mass is 10.2. The smallest absolute Gasteiger partial charge is 0.265 e. The summed E-state index contributed by atoms with van der Waals surface area (Å²) >= 11 is 0. The van der Waals surface area contributed by atoms with Gasteiger partial charge < -0.3 is 10.4 Å². The van der Waals surface area contributed by atoms with Gasteiger partial charge in [-0.15, -0.1) is 0 Å². The minimum absolute atomic E-state index is 0.0107. The zero-order chi connectivity index (χ0) is 12.0. The third-order valence-electron chi connectivity index (χ3n) is 1.87. The molecular formula is C10H12F2N2O2. The van der Waals surface area contributed by atoms with Crippen LogP contribution in [0.25, 0.3) is 0 Å². The molecule has 1 amide bonds. The molecule has 1 aromatic rings. The monoisotopic (exact) mass is 230 g/mol. The van der Waals surface area contributed by atoms with Gasteiger partial charge >= 0.3 is 0 Å². The van der Waals surface area contributed by atoms with Gasteiger partial charge in [-0.1, -0.05) is 6.07 Å². The van der Waals surface area contributed by atoms with Crippen molar-refractivity contribution in [1.82, 2.24) is 10.3 Å². The number of amides is 1. The van der Waals surface area contributed by atoms with Crippen molar-refractivity contribution in [2.75, 3.05) is 6.54 Å². The average Bonchev–Trinajstić information content (AvgIpc) is 2.27. The number of hydrogen-bond donors (Lipinski definition) is 2. The molecule has 0 spiro atoms. The first-order valence-corrected chi connectivity index (χ1v) is 4.72. The van der Waals surface area contributed by atoms with Crippen LogP contribution in [0.4, 0.5) is 8.78 Å². The van der Waals surface area contributed by atoms with Crippen molar-refractivity contribution >= 4 is 5.91 Å². The van der Waals surface area contributed by atoms with E-state index < -0.39 is 25.0 Å². The number of rotatable bonds is 5. The summed E-state index contributed by atoms with van der Waals surface area (Å²) in [5.74, 6) is -0.446. The predicted molar refractivity (Wildman–Crippen MR) is 53.0 cm³/mol. The number of pyridine rings is 1. The summed E-state index contributed by atoms with van der Waals surface area (Å²) in [5.41, 5.74) is 0.548. The number of nitrogens with zero attached hydrogens (tertiary/aromatic N) is 1. The second-order valence-corrected chi connectivity index (χ2v) is 3.20. The molecule has 0 aliphatic carbocycles. The number of aliphatic hydroxyl groups is 1. The number of hydrogen-bond acceptors (Lipinski definition) is 3. The van der Waals surface area contributed by atoms with Crippen LogP contribution < -0.4 is 5.32 Å². The van der Waals surface area contributed by atoms with E-state index in [1.165, 1.54) is 6.20 Å². The van der Waals surface area contributed by atoms with Crippen molar-refractivity contribution in [1.29, 1.82) is 0 Å². The fraction of sp³-hybridized carbons (Fsp3) is 0.400. The van der Waals surface area contributed by atoms with E-state index in [9.17, 15) is 13.6 Å². The van der Waals surface area contributed by atoms with E-state index in [0.717, 1.165) is 0 Å². The average molecular weight is 230 g/mol. The van der Waals surface area contributed by atoms with Crippen LogP contribution in [0.1, 0.15) is 5.69 Å². The van der Waals surface area contributed by atoms with Gasteiger partial charge in [0, 0.05) is 18.4 Å². The summed E-state index contributed by atoms with van der Waals surface area (Å²) in [7, 11) is 0. The number of halogens is 2. The second kappa shape index (κ2) is 6.12. The Morgan fingerprint density at radius 1 is 1.50 bits per heavy atom.